The number of halogens is 2. The van der Waals surface area contributed by atoms with Crippen LogP contribution in [0.15, 0.2) is 0 Å². The Morgan fingerprint density at radius 2 is 1.23 bits per heavy atom. The van der Waals surface area contributed by atoms with Crippen molar-refractivity contribution in [1.82, 2.24) is 0 Å². The van der Waals surface area contributed by atoms with Crippen molar-refractivity contribution < 1.29 is 59.8 Å². The normalized spacial score (nSPS) is 42.9. The maximum atomic E-state index is 14.3. The van der Waals surface area contributed by atoms with Crippen molar-refractivity contribution in [3.05, 3.63) is 0 Å². The standard InChI is InChI=1S/C39H58F2O11S/c1-25-12-27-6-3-9-36(15-25,17-27)32(42)50-23-35(24-51-33(43)37-10-4-7-28(18-37)13-26(2)16-37)21-48-31(49-22-35)30-14-29-8-5-11-38(19-29,20-30)52-34(44)39(40,41)53(45,46)47/h25-31H,3-24H2,1-2H3,(H,45,46,47). The van der Waals surface area contributed by atoms with Crippen molar-refractivity contribution in [3.63, 3.8) is 0 Å². The van der Waals surface area contributed by atoms with Crippen LogP contribution in [0.2, 0.25) is 0 Å². The van der Waals surface area contributed by atoms with Gasteiger partial charge in [0.05, 0.1) is 29.5 Å². The van der Waals surface area contributed by atoms with Crippen molar-refractivity contribution in [3.8, 4) is 0 Å². The summed E-state index contributed by atoms with van der Waals surface area (Å²) in [6.45, 7) is 4.44. The Labute approximate surface area is 312 Å². The van der Waals surface area contributed by atoms with E-state index in [9.17, 15) is 31.6 Å². The highest BCUT2D eigenvalue weighted by molar-refractivity contribution is 7.87. The molecule has 1 N–H and O–H groups in total. The van der Waals surface area contributed by atoms with E-state index in [4.69, 9.17) is 28.2 Å². The highest BCUT2D eigenvalue weighted by atomic mass is 32.2. The molecule has 14 heteroatoms. The molecule has 9 atom stereocenters. The van der Waals surface area contributed by atoms with E-state index in [-0.39, 0.29) is 63.0 Å². The van der Waals surface area contributed by atoms with E-state index < -0.39 is 49.5 Å². The molecule has 53 heavy (non-hydrogen) atoms. The second-order valence-corrected chi connectivity index (χ2v) is 20.4. The van der Waals surface area contributed by atoms with Gasteiger partial charge in [0.25, 0.3) is 0 Å². The van der Waals surface area contributed by atoms with Gasteiger partial charge >= 0.3 is 33.3 Å². The fourth-order valence-electron chi connectivity index (χ4n) is 12.3. The molecule has 1 saturated heterocycles. The van der Waals surface area contributed by atoms with Crippen LogP contribution >= 0.6 is 0 Å². The number of hydrogen-bond acceptors (Lipinski definition) is 10. The molecule has 0 aromatic rings. The molecule has 0 amide bonds. The number of ether oxygens (including phenoxy) is 5. The Kier molecular flexibility index (Phi) is 10.8. The first-order chi connectivity index (χ1) is 25.0. The number of carbonyl (C=O) groups excluding carboxylic acids is 3. The van der Waals surface area contributed by atoms with Crippen molar-refractivity contribution in [1.29, 1.82) is 0 Å². The van der Waals surface area contributed by atoms with Crippen LogP contribution < -0.4 is 0 Å². The lowest BCUT2D eigenvalue weighted by molar-refractivity contribution is -0.279. The third kappa shape index (κ3) is 7.90. The molecule has 1 aliphatic heterocycles. The molecule has 7 fully saturated rings. The average Bonchev–Trinajstić information content (AvgIpc) is 3.08. The zero-order chi connectivity index (χ0) is 37.9. The van der Waals surface area contributed by atoms with Crippen molar-refractivity contribution >= 4 is 28.0 Å². The largest absolute Gasteiger partial charge is 0.465 e. The summed E-state index contributed by atoms with van der Waals surface area (Å²) in [5.74, 6) is -1.16. The third-order valence-corrected chi connectivity index (χ3v) is 15.1. The van der Waals surface area contributed by atoms with E-state index in [2.05, 4.69) is 13.8 Å². The molecule has 6 saturated carbocycles. The van der Waals surface area contributed by atoms with Gasteiger partial charge in [0.1, 0.15) is 18.8 Å². The lowest BCUT2D eigenvalue weighted by Gasteiger charge is -2.50. The predicted molar refractivity (Wildman–Crippen MR) is 186 cm³/mol. The van der Waals surface area contributed by atoms with Crippen LogP contribution in [-0.4, -0.2) is 74.5 Å². The number of rotatable bonds is 10. The molecule has 0 aromatic carbocycles. The van der Waals surface area contributed by atoms with Crippen molar-refractivity contribution in [2.75, 3.05) is 26.4 Å². The van der Waals surface area contributed by atoms with Gasteiger partial charge in [0.15, 0.2) is 6.29 Å². The van der Waals surface area contributed by atoms with E-state index in [0.29, 0.717) is 42.9 Å². The van der Waals surface area contributed by atoms with E-state index in [1.54, 1.807) is 0 Å². The van der Waals surface area contributed by atoms with Crippen LogP contribution in [0.25, 0.3) is 0 Å². The summed E-state index contributed by atoms with van der Waals surface area (Å²) < 4.78 is 90.6. The van der Waals surface area contributed by atoms with Crippen molar-refractivity contribution in [2.24, 2.45) is 51.8 Å². The number of fused-ring (bicyclic) bond motifs is 6. The minimum atomic E-state index is -6.01. The maximum absolute atomic E-state index is 14.3. The second kappa shape index (κ2) is 14.6. The molecule has 7 rings (SSSR count). The second-order valence-electron chi connectivity index (χ2n) is 18.9. The molecule has 7 aliphatic rings. The molecular weight excluding hydrogens is 714 g/mol. The zero-order valence-electron chi connectivity index (χ0n) is 31.3. The fraction of sp³-hybridized carbons (Fsp3) is 0.923. The monoisotopic (exact) mass is 772 g/mol. The summed E-state index contributed by atoms with van der Waals surface area (Å²) in [5, 5.41) is -5.09. The van der Waals surface area contributed by atoms with Gasteiger partial charge in [0.2, 0.25) is 0 Å². The number of esters is 3. The van der Waals surface area contributed by atoms with E-state index in [1.807, 2.05) is 0 Å². The molecule has 1 heterocycles. The number of alkyl halides is 2. The van der Waals surface area contributed by atoms with Gasteiger partial charge in [0, 0.05) is 5.92 Å². The van der Waals surface area contributed by atoms with E-state index in [0.717, 1.165) is 83.5 Å². The number of carbonyl (C=O) groups is 3. The highest BCUT2D eigenvalue weighted by Crippen LogP contribution is 2.54. The van der Waals surface area contributed by atoms with Gasteiger partial charge in [-0.2, -0.15) is 17.2 Å². The predicted octanol–water partition coefficient (Wildman–Crippen LogP) is 7.01. The van der Waals surface area contributed by atoms with Gasteiger partial charge in [-0.25, -0.2) is 4.79 Å². The Balaban J connectivity index is 1.05. The van der Waals surface area contributed by atoms with Gasteiger partial charge < -0.3 is 23.7 Å². The summed E-state index contributed by atoms with van der Waals surface area (Å²) in [6, 6.07) is 0. The zero-order valence-corrected chi connectivity index (χ0v) is 32.1. The van der Waals surface area contributed by atoms with Gasteiger partial charge in [-0.1, -0.05) is 46.0 Å². The summed E-state index contributed by atoms with van der Waals surface area (Å²) >= 11 is 0. The minimum absolute atomic E-state index is 0.00312. The van der Waals surface area contributed by atoms with Gasteiger partial charge in [-0.05, 0) is 113 Å². The lowest BCUT2D eigenvalue weighted by atomic mass is 9.59. The van der Waals surface area contributed by atoms with Crippen LogP contribution in [0.3, 0.4) is 0 Å². The minimum Gasteiger partial charge on any atom is -0.464 e. The van der Waals surface area contributed by atoms with Gasteiger partial charge in [-0.3, -0.25) is 14.1 Å². The van der Waals surface area contributed by atoms with Crippen LogP contribution in [0.5, 0.6) is 0 Å². The highest BCUT2D eigenvalue weighted by Gasteiger charge is 2.59. The summed E-state index contributed by atoms with van der Waals surface area (Å²) in [5.41, 5.74) is -3.34. The summed E-state index contributed by atoms with van der Waals surface area (Å²) in [6.07, 6.45) is 13.3. The van der Waals surface area contributed by atoms with Crippen molar-refractivity contribution in [2.45, 2.75) is 147 Å². The molecule has 6 aliphatic carbocycles. The first-order valence-corrected chi connectivity index (χ1v) is 21.6. The third-order valence-electron chi connectivity index (χ3n) is 14.3. The molecule has 6 bridgehead atoms. The Morgan fingerprint density at radius 3 is 1.74 bits per heavy atom. The molecule has 0 spiro atoms. The molecule has 11 nitrogen and oxygen atoms in total. The molecule has 0 radical (unpaired) electrons. The van der Waals surface area contributed by atoms with E-state index >= 15 is 0 Å². The average molecular weight is 773 g/mol. The van der Waals surface area contributed by atoms with Crippen LogP contribution in [0.1, 0.15) is 129 Å². The summed E-state index contributed by atoms with van der Waals surface area (Å²) in [7, 11) is -6.01. The molecular formula is C39H58F2O11S. The SMILES string of the molecule is CC1CC2CCCC(C(=O)OCC3(COC(=O)C45CCCC(CC(C)C4)C5)COC(C4CC5CCCC(OC(=O)C(F)(F)S(=O)(=O)O)(C5)C4)OC3)(C1)C2. The molecule has 300 valence electrons. The first-order valence-electron chi connectivity index (χ1n) is 20.1. The van der Waals surface area contributed by atoms with E-state index in [1.165, 1.54) is 0 Å². The van der Waals surface area contributed by atoms with Crippen LogP contribution in [-0.2, 0) is 48.2 Å². The Morgan fingerprint density at radius 1 is 0.736 bits per heavy atom. The summed E-state index contributed by atoms with van der Waals surface area (Å²) in [4.78, 5) is 40.3. The quantitative estimate of drug-likeness (QED) is 0.139. The van der Waals surface area contributed by atoms with Crippen LogP contribution in [0.4, 0.5) is 8.78 Å². The first kappa shape index (κ1) is 39.3. The fourth-order valence-corrected chi connectivity index (χ4v) is 12.5. The Hall–Kier alpha value is -1.90. The smallest absolute Gasteiger partial charge is 0.464 e. The van der Waals surface area contributed by atoms with Gasteiger partial charge in [-0.15, -0.1) is 0 Å². The maximum Gasteiger partial charge on any atom is 0.465 e. The lowest BCUT2D eigenvalue weighted by Crippen LogP contribution is -2.55. The molecule has 0 aromatic heterocycles. The Bertz CT molecular complexity index is 1450. The van der Waals surface area contributed by atoms with Crippen LogP contribution in [0, 0.1) is 51.8 Å². The topological polar surface area (TPSA) is 152 Å². The number of hydrogen-bond donors (Lipinski definition) is 1. The molecule has 9 unspecified atom stereocenters.